The third-order valence-electron chi connectivity index (χ3n) is 3.54. The predicted octanol–water partition coefficient (Wildman–Crippen LogP) is 3.74. The van der Waals surface area contributed by atoms with Gasteiger partial charge in [0, 0.05) is 29.0 Å². The smallest absolute Gasteiger partial charge is 0.171 e. The van der Waals surface area contributed by atoms with E-state index in [9.17, 15) is 0 Å². The monoisotopic (exact) mass is 322 g/mol. The molecule has 2 N–H and O–H groups in total. The minimum atomic E-state index is 0.0817. The molecule has 0 aliphatic rings. The minimum absolute atomic E-state index is 0.0817. The molecular weight excluding hydrogens is 304 g/mol. The Bertz CT molecular complexity index is 666. The number of nitrogens with one attached hydrogen (secondary N) is 2. The fraction of sp³-hybridized carbons (Fsp3) is 0.333. The molecule has 0 aliphatic heterocycles. The lowest BCUT2D eigenvalue weighted by Crippen LogP contribution is -2.31. The Balaban J connectivity index is 2.05. The highest BCUT2D eigenvalue weighted by molar-refractivity contribution is 7.80. The fourth-order valence-electron chi connectivity index (χ4n) is 2.10. The van der Waals surface area contributed by atoms with Crippen molar-refractivity contribution in [3.05, 3.63) is 46.2 Å². The van der Waals surface area contributed by atoms with Gasteiger partial charge in [0.25, 0.3) is 0 Å². The fourth-order valence-corrected chi connectivity index (χ4v) is 2.56. The average molecular weight is 323 g/mol. The van der Waals surface area contributed by atoms with Gasteiger partial charge in [-0.05, 0) is 50.7 Å². The van der Waals surface area contributed by atoms with Gasteiger partial charge in [-0.15, -0.1) is 0 Å². The number of aryl methyl sites for hydroxylation is 2. The quantitative estimate of drug-likeness (QED) is 0.845. The van der Waals surface area contributed by atoms with Gasteiger partial charge in [-0.1, -0.05) is 17.7 Å². The Morgan fingerprint density at radius 1 is 1.38 bits per heavy atom. The maximum absolute atomic E-state index is 6.01. The predicted molar refractivity (Wildman–Crippen MR) is 91.9 cm³/mol. The number of hydrogen-bond acceptors (Lipinski definition) is 2. The number of thiocarbonyl (C=S) groups is 1. The van der Waals surface area contributed by atoms with Gasteiger partial charge in [-0.2, -0.15) is 5.10 Å². The Hall–Kier alpha value is -1.59. The van der Waals surface area contributed by atoms with Crippen LogP contribution < -0.4 is 10.6 Å². The van der Waals surface area contributed by atoms with Crippen LogP contribution in [0.4, 0.5) is 5.69 Å². The first-order chi connectivity index (χ1) is 9.88. The topological polar surface area (TPSA) is 41.9 Å². The molecule has 0 saturated carbocycles. The van der Waals surface area contributed by atoms with Crippen molar-refractivity contribution in [2.45, 2.75) is 26.8 Å². The van der Waals surface area contributed by atoms with Crippen LogP contribution in [0, 0.1) is 13.8 Å². The SMILES string of the molecule is Cc1ccc(Cl)cc1NC(=S)NC(C)c1cnn(C)c1C. The molecule has 0 saturated heterocycles. The Kier molecular flexibility index (Phi) is 4.85. The lowest BCUT2D eigenvalue weighted by molar-refractivity contribution is 0.701. The zero-order valence-corrected chi connectivity index (χ0v) is 14.1. The van der Waals surface area contributed by atoms with Crippen LogP contribution in [0.5, 0.6) is 0 Å². The minimum Gasteiger partial charge on any atom is -0.356 e. The van der Waals surface area contributed by atoms with E-state index in [1.165, 1.54) is 0 Å². The highest BCUT2D eigenvalue weighted by Gasteiger charge is 2.13. The van der Waals surface area contributed by atoms with E-state index in [2.05, 4.69) is 22.7 Å². The summed E-state index contributed by atoms with van der Waals surface area (Å²) in [6.45, 7) is 6.11. The molecule has 1 aromatic carbocycles. The third kappa shape index (κ3) is 3.74. The molecule has 2 aromatic rings. The molecule has 0 fully saturated rings. The molecule has 112 valence electrons. The summed E-state index contributed by atoms with van der Waals surface area (Å²) in [6.07, 6.45) is 1.86. The summed E-state index contributed by atoms with van der Waals surface area (Å²) in [7, 11) is 1.93. The van der Waals surface area contributed by atoms with Gasteiger partial charge in [0.1, 0.15) is 0 Å². The second kappa shape index (κ2) is 6.45. The van der Waals surface area contributed by atoms with Gasteiger partial charge in [-0.3, -0.25) is 4.68 Å². The maximum atomic E-state index is 6.01. The molecule has 0 amide bonds. The van der Waals surface area contributed by atoms with Gasteiger partial charge in [0.05, 0.1) is 12.2 Å². The van der Waals surface area contributed by atoms with Crippen molar-refractivity contribution in [2.75, 3.05) is 5.32 Å². The largest absolute Gasteiger partial charge is 0.356 e. The summed E-state index contributed by atoms with van der Waals surface area (Å²) in [4.78, 5) is 0. The van der Waals surface area contributed by atoms with E-state index in [0.717, 1.165) is 22.5 Å². The van der Waals surface area contributed by atoms with Crippen molar-refractivity contribution >= 4 is 34.6 Å². The first-order valence-corrected chi connectivity index (χ1v) is 7.49. The number of benzene rings is 1. The van der Waals surface area contributed by atoms with Crippen molar-refractivity contribution < 1.29 is 0 Å². The second-order valence-corrected chi connectivity index (χ2v) is 5.93. The van der Waals surface area contributed by atoms with Crippen LogP contribution in [-0.4, -0.2) is 14.9 Å². The van der Waals surface area contributed by atoms with Gasteiger partial charge in [-0.25, -0.2) is 0 Å². The highest BCUT2D eigenvalue weighted by Crippen LogP contribution is 2.21. The van der Waals surface area contributed by atoms with Gasteiger partial charge in [0.2, 0.25) is 0 Å². The molecule has 0 bridgehead atoms. The molecule has 2 rings (SSSR count). The molecule has 1 aromatic heterocycles. The third-order valence-corrected chi connectivity index (χ3v) is 3.99. The first kappa shape index (κ1) is 15.8. The van der Waals surface area contributed by atoms with Crippen LogP contribution >= 0.6 is 23.8 Å². The van der Waals surface area contributed by atoms with E-state index < -0.39 is 0 Å². The van der Waals surface area contributed by atoms with Crippen LogP contribution in [0.3, 0.4) is 0 Å². The summed E-state index contributed by atoms with van der Waals surface area (Å²) < 4.78 is 1.85. The lowest BCUT2D eigenvalue weighted by atomic mass is 10.1. The van der Waals surface area contributed by atoms with Gasteiger partial charge in [0.15, 0.2) is 5.11 Å². The van der Waals surface area contributed by atoms with Crippen molar-refractivity contribution in [3.63, 3.8) is 0 Å². The van der Waals surface area contributed by atoms with Crippen molar-refractivity contribution in [3.8, 4) is 0 Å². The number of rotatable bonds is 3. The highest BCUT2D eigenvalue weighted by atomic mass is 35.5. The molecule has 4 nitrogen and oxygen atoms in total. The molecule has 1 atom stereocenters. The molecule has 0 spiro atoms. The van der Waals surface area contributed by atoms with E-state index >= 15 is 0 Å². The van der Waals surface area contributed by atoms with E-state index in [4.69, 9.17) is 23.8 Å². The molecule has 6 heteroatoms. The number of hydrogen-bond donors (Lipinski definition) is 2. The molecule has 21 heavy (non-hydrogen) atoms. The lowest BCUT2D eigenvalue weighted by Gasteiger charge is -2.18. The second-order valence-electron chi connectivity index (χ2n) is 5.09. The molecule has 1 heterocycles. The van der Waals surface area contributed by atoms with Gasteiger partial charge < -0.3 is 10.6 Å². The first-order valence-electron chi connectivity index (χ1n) is 6.70. The molecule has 0 radical (unpaired) electrons. The van der Waals surface area contributed by atoms with E-state index in [-0.39, 0.29) is 6.04 Å². The Labute approximate surface area is 135 Å². The summed E-state index contributed by atoms with van der Waals surface area (Å²) in [5.41, 5.74) is 4.25. The van der Waals surface area contributed by atoms with Crippen LogP contribution in [0.15, 0.2) is 24.4 Å². The van der Waals surface area contributed by atoms with Crippen LogP contribution in [-0.2, 0) is 7.05 Å². The normalized spacial score (nSPS) is 12.0. The van der Waals surface area contributed by atoms with Crippen molar-refractivity contribution in [1.82, 2.24) is 15.1 Å². The Morgan fingerprint density at radius 3 is 2.71 bits per heavy atom. The maximum Gasteiger partial charge on any atom is 0.171 e. The van der Waals surface area contributed by atoms with Gasteiger partial charge >= 0.3 is 0 Å². The Morgan fingerprint density at radius 2 is 2.10 bits per heavy atom. The van der Waals surface area contributed by atoms with Crippen molar-refractivity contribution in [1.29, 1.82) is 0 Å². The summed E-state index contributed by atoms with van der Waals surface area (Å²) >= 11 is 11.4. The summed E-state index contributed by atoms with van der Waals surface area (Å²) in [5.74, 6) is 0. The number of nitrogens with zero attached hydrogens (tertiary/aromatic N) is 2. The summed E-state index contributed by atoms with van der Waals surface area (Å²) in [5, 5.41) is 12.0. The van der Waals surface area contributed by atoms with Crippen LogP contribution in [0.25, 0.3) is 0 Å². The standard InChI is InChI=1S/C15H19ClN4S/c1-9-5-6-12(16)7-14(9)19-15(21)18-10(2)13-8-17-20(4)11(13)3/h5-8,10H,1-4H3,(H2,18,19,21). The van der Waals surface area contributed by atoms with Crippen molar-refractivity contribution in [2.24, 2.45) is 7.05 Å². The zero-order valence-electron chi connectivity index (χ0n) is 12.6. The van der Waals surface area contributed by atoms with E-state index in [0.29, 0.717) is 10.1 Å². The van der Waals surface area contributed by atoms with E-state index in [1.807, 2.05) is 50.0 Å². The zero-order chi connectivity index (χ0) is 15.6. The van der Waals surface area contributed by atoms with Crippen LogP contribution in [0.1, 0.15) is 29.8 Å². The average Bonchev–Trinajstić information content (AvgIpc) is 2.74. The van der Waals surface area contributed by atoms with E-state index in [1.54, 1.807) is 0 Å². The molecule has 1 unspecified atom stereocenters. The number of aromatic nitrogens is 2. The number of halogens is 1. The number of anilines is 1. The van der Waals surface area contributed by atoms with Crippen LogP contribution in [0.2, 0.25) is 5.02 Å². The molecular formula is C15H19ClN4S. The summed E-state index contributed by atoms with van der Waals surface area (Å²) in [6, 6.07) is 5.77. The molecule has 0 aliphatic carbocycles.